The van der Waals surface area contributed by atoms with Gasteiger partial charge in [0.1, 0.15) is 5.75 Å². The molecule has 0 aliphatic heterocycles. The highest BCUT2D eigenvalue weighted by Crippen LogP contribution is 2.37. The van der Waals surface area contributed by atoms with Gasteiger partial charge in [0.15, 0.2) is 11.5 Å². The van der Waals surface area contributed by atoms with Crippen molar-refractivity contribution >= 4 is 21.8 Å². The molecule has 0 aliphatic rings. The van der Waals surface area contributed by atoms with E-state index in [1.807, 2.05) is 25.1 Å². The van der Waals surface area contributed by atoms with E-state index in [0.717, 1.165) is 44.6 Å². The number of nitrogens with one attached hydrogen (secondary N) is 1. The maximum absolute atomic E-state index is 5.37. The summed E-state index contributed by atoms with van der Waals surface area (Å²) >= 11 is 0. The average molecular weight is 271 g/mol. The molecule has 0 bridgehead atoms. The fourth-order valence-electron chi connectivity index (χ4n) is 2.58. The number of hydrogen-bond acceptors (Lipinski definition) is 3. The number of aromatic nitrogens is 1. The van der Waals surface area contributed by atoms with Crippen LogP contribution >= 0.6 is 0 Å². The van der Waals surface area contributed by atoms with E-state index in [-0.39, 0.29) is 0 Å². The molecule has 0 fully saturated rings. The van der Waals surface area contributed by atoms with Crippen LogP contribution in [0.15, 0.2) is 24.3 Å². The minimum Gasteiger partial charge on any atom is -0.496 e. The van der Waals surface area contributed by atoms with Crippen LogP contribution in [-0.4, -0.2) is 26.3 Å². The van der Waals surface area contributed by atoms with Crippen molar-refractivity contribution in [1.29, 1.82) is 0 Å². The van der Waals surface area contributed by atoms with Gasteiger partial charge >= 0.3 is 0 Å². The van der Waals surface area contributed by atoms with Gasteiger partial charge in [-0.1, -0.05) is 0 Å². The van der Waals surface area contributed by atoms with Crippen molar-refractivity contribution in [3.05, 3.63) is 29.8 Å². The van der Waals surface area contributed by atoms with E-state index in [0.29, 0.717) is 0 Å². The lowest BCUT2D eigenvalue weighted by atomic mass is 10.1. The number of fused-ring (bicyclic) bond motifs is 3. The number of ether oxygens (including phenoxy) is 3. The molecular weight excluding hydrogens is 254 g/mol. The van der Waals surface area contributed by atoms with E-state index < -0.39 is 0 Å². The van der Waals surface area contributed by atoms with Crippen LogP contribution in [0.1, 0.15) is 5.56 Å². The average Bonchev–Trinajstić information content (AvgIpc) is 2.81. The van der Waals surface area contributed by atoms with Crippen LogP contribution in [-0.2, 0) is 0 Å². The summed E-state index contributed by atoms with van der Waals surface area (Å²) in [5, 5.41) is 2.27. The summed E-state index contributed by atoms with van der Waals surface area (Å²) in [7, 11) is 4.97. The predicted molar refractivity (Wildman–Crippen MR) is 80.2 cm³/mol. The fraction of sp³-hybridized carbons (Fsp3) is 0.250. The van der Waals surface area contributed by atoms with Crippen LogP contribution in [0.5, 0.6) is 17.2 Å². The van der Waals surface area contributed by atoms with Gasteiger partial charge in [-0.3, -0.25) is 0 Å². The first-order chi connectivity index (χ1) is 9.67. The summed E-state index contributed by atoms with van der Waals surface area (Å²) in [6, 6.07) is 8.09. The Hall–Kier alpha value is -2.36. The van der Waals surface area contributed by atoms with E-state index in [4.69, 9.17) is 14.2 Å². The third kappa shape index (κ3) is 1.76. The van der Waals surface area contributed by atoms with Crippen LogP contribution in [0, 0.1) is 6.92 Å². The first-order valence-corrected chi connectivity index (χ1v) is 6.40. The molecular formula is C16H17NO3. The number of H-pyrrole nitrogens is 1. The van der Waals surface area contributed by atoms with E-state index >= 15 is 0 Å². The Labute approximate surface area is 117 Å². The summed E-state index contributed by atoms with van der Waals surface area (Å²) in [5.74, 6) is 2.33. The lowest BCUT2D eigenvalue weighted by Crippen LogP contribution is -1.89. The Morgan fingerprint density at radius 2 is 1.20 bits per heavy atom. The number of hydrogen-bond donors (Lipinski definition) is 1. The second-order valence-electron chi connectivity index (χ2n) is 4.75. The van der Waals surface area contributed by atoms with Crippen molar-refractivity contribution in [3.8, 4) is 17.2 Å². The van der Waals surface area contributed by atoms with Crippen molar-refractivity contribution < 1.29 is 14.2 Å². The number of aromatic amines is 1. The molecule has 4 heteroatoms. The lowest BCUT2D eigenvalue weighted by Gasteiger charge is -2.07. The summed E-state index contributed by atoms with van der Waals surface area (Å²) in [6.07, 6.45) is 0. The first-order valence-electron chi connectivity index (χ1n) is 6.40. The van der Waals surface area contributed by atoms with Crippen molar-refractivity contribution in [2.24, 2.45) is 0 Å². The highest BCUT2D eigenvalue weighted by Gasteiger charge is 2.12. The standard InChI is InChI=1S/C16H17NO3/c1-9-5-10-11-6-15(19-3)16(20-4)8-13(11)17-12(10)7-14(9)18-2/h5-8,17H,1-4H3. The smallest absolute Gasteiger partial charge is 0.162 e. The molecule has 2 aromatic carbocycles. The number of aryl methyl sites for hydroxylation is 1. The first kappa shape index (κ1) is 12.7. The maximum Gasteiger partial charge on any atom is 0.162 e. The minimum absolute atomic E-state index is 0.718. The number of benzene rings is 2. The summed E-state index contributed by atoms with van der Waals surface area (Å²) in [4.78, 5) is 3.39. The molecule has 0 radical (unpaired) electrons. The molecule has 0 saturated heterocycles. The van der Waals surface area contributed by atoms with Gasteiger partial charge in [-0.2, -0.15) is 0 Å². The molecule has 0 unspecified atom stereocenters. The highest BCUT2D eigenvalue weighted by atomic mass is 16.5. The van der Waals surface area contributed by atoms with Crippen molar-refractivity contribution in [2.45, 2.75) is 6.92 Å². The molecule has 3 aromatic rings. The topological polar surface area (TPSA) is 43.5 Å². The molecule has 0 spiro atoms. The van der Waals surface area contributed by atoms with Crippen molar-refractivity contribution in [1.82, 2.24) is 4.98 Å². The Kier molecular flexibility index (Phi) is 2.93. The molecule has 1 aromatic heterocycles. The van der Waals surface area contributed by atoms with E-state index in [1.54, 1.807) is 21.3 Å². The molecule has 104 valence electrons. The monoisotopic (exact) mass is 271 g/mol. The van der Waals surface area contributed by atoms with Gasteiger partial charge in [-0.05, 0) is 24.6 Å². The largest absolute Gasteiger partial charge is 0.496 e. The van der Waals surface area contributed by atoms with Gasteiger partial charge in [-0.25, -0.2) is 0 Å². The second kappa shape index (κ2) is 4.63. The number of methoxy groups -OCH3 is 3. The quantitative estimate of drug-likeness (QED) is 0.790. The highest BCUT2D eigenvalue weighted by molar-refractivity contribution is 6.09. The Bertz CT molecular complexity index is 789. The Balaban J connectivity index is 2.37. The zero-order valence-corrected chi connectivity index (χ0v) is 12.0. The van der Waals surface area contributed by atoms with E-state index in [9.17, 15) is 0 Å². The second-order valence-corrected chi connectivity index (χ2v) is 4.75. The Morgan fingerprint density at radius 1 is 0.700 bits per heavy atom. The van der Waals surface area contributed by atoms with Crippen LogP contribution in [0.4, 0.5) is 0 Å². The minimum atomic E-state index is 0.718. The molecule has 3 rings (SSSR count). The zero-order valence-electron chi connectivity index (χ0n) is 12.0. The van der Waals surface area contributed by atoms with E-state index in [2.05, 4.69) is 11.1 Å². The molecule has 4 nitrogen and oxygen atoms in total. The van der Waals surface area contributed by atoms with Gasteiger partial charge in [0, 0.05) is 22.9 Å². The molecule has 0 saturated carbocycles. The van der Waals surface area contributed by atoms with Gasteiger partial charge in [0.2, 0.25) is 0 Å². The van der Waals surface area contributed by atoms with Crippen LogP contribution in [0.3, 0.4) is 0 Å². The predicted octanol–water partition coefficient (Wildman–Crippen LogP) is 3.66. The normalized spacial score (nSPS) is 11.0. The van der Waals surface area contributed by atoms with Gasteiger partial charge in [0.25, 0.3) is 0 Å². The van der Waals surface area contributed by atoms with E-state index in [1.165, 1.54) is 0 Å². The SMILES string of the molecule is COc1cc2[nH]c3cc(OC)c(OC)cc3c2cc1C. The fourth-order valence-corrected chi connectivity index (χ4v) is 2.58. The van der Waals surface area contributed by atoms with Crippen molar-refractivity contribution in [3.63, 3.8) is 0 Å². The summed E-state index contributed by atoms with van der Waals surface area (Å²) in [6.45, 7) is 2.04. The molecule has 20 heavy (non-hydrogen) atoms. The van der Waals surface area contributed by atoms with Gasteiger partial charge < -0.3 is 19.2 Å². The third-order valence-corrected chi connectivity index (χ3v) is 3.62. The third-order valence-electron chi connectivity index (χ3n) is 3.62. The molecule has 0 amide bonds. The van der Waals surface area contributed by atoms with Crippen LogP contribution < -0.4 is 14.2 Å². The zero-order chi connectivity index (χ0) is 14.3. The summed E-state index contributed by atoms with van der Waals surface area (Å²) in [5.41, 5.74) is 3.17. The molecule has 0 aliphatic carbocycles. The van der Waals surface area contributed by atoms with Crippen LogP contribution in [0.25, 0.3) is 21.8 Å². The molecule has 0 atom stereocenters. The van der Waals surface area contributed by atoms with Gasteiger partial charge in [-0.15, -0.1) is 0 Å². The summed E-state index contributed by atoms with van der Waals surface area (Å²) < 4.78 is 16.1. The molecule has 1 N–H and O–H groups in total. The number of rotatable bonds is 3. The maximum atomic E-state index is 5.37. The Morgan fingerprint density at radius 3 is 1.80 bits per heavy atom. The lowest BCUT2D eigenvalue weighted by molar-refractivity contribution is 0.356. The van der Waals surface area contributed by atoms with Crippen LogP contribution in [0.2, 0.25) is 0 Å². The van der Waals surface area contributed by atoms with Crippen molar-refractivity contribution in [2.75, 3.05) is 21.3 Å². The van der Waals surface area contributed by atoms with Gasteiger partial charge in [0.05, 0.1) is 32.4 Å². The molecule has 1 heterocycles.